The Morgan fingerprint density at radius 3 is 1.47 bits per heavy atom. The van der Waals surface area contributed by atoms with Gasteiger partial charge in [0.05, 0.1) is 32.8 Å². The fourth-order valence-electron chi connectivity index (χ4n) is 7.17. The molecule has 430 valence electrons. The molecule has 0 radical (unpaired) electrons. The molecule has 2 rings (SSSR count). The van der Waals surface area contributed by atoms with Gasteiger partial charge in [-0.05, 0) is 41.5 Å². The molecule has 0 unspecified atom stereocenters. The molecule has 29 nitrogen and oxygen atoms in total. The lowest BCUT2D eigenvalue weighted by molar-refractivity contribution is -0.143. The lowest BCUT2D eigenvalue weighted by atomic mass is 9.97. The molecule has 19 N–H and O–H groups in total. The first-order valence-electron chi connectivity index (χ1n) is 24.6. The van der Waals surface area contributed by atoms with Crippen LogP contribution in [0.5, 0.6) is 5.75 Å². The van der Waals surface area contributed by atoms with Crippen molar-refractivity contribution < 1.29 is 88.2 Å². The Bertz CT molecular complexity index is 2410. The molecule has 10 atom stereocenters. The Balaban J connectivity index is 2.39. The Labute approximate surface area is 447 Å². The van der Waals surface area contributed by atoms with Gasteiger partial charge in [0.1, 0.15) is 60.1 Å². The van der Waals surface area contributed by atoms with Crippen molar-refractivity contribution in [3.05, 3.63) is 65.7 Å². The van der Waals surface area contributed by atoms with Crippen molar-refractivity contribution in [2.45, 2.75) is 121 Å². The van der Waals surface area contributed by atoms with Crippen molar-refractivity contribution in [1.29, 1.82) is 0 Å². The number of aliphatic hydroxyl groups excluding tert-OH is 3. The molecule has 29 heteroatoms. The van der Waals surface area contributed by atoms with Gasteiger partial charge in [-0.3, -0.25) is 52.7 Å². The molecule has 2 aromatic rings. The van der Waals surface area contributed by atoms with Crippen LogP contribution in [-0.4, -0.2) is 182 Å². The largest absolute Gasteiger partial charge is 0.508 e. The van der Waals surface area contributed by atoms with E-state index in [0.29, 0.717) is 5.56 Å². The van der Waals surface area contributed by atoms with E-state index in [0.717, 1.165) is 0 Å². The van der Waals surface area contributed by atoms with Crippen LogP contribution in [0.1, 0.15) is 64.5 Å². The second-order valence-corrected chi connectivity index (χ2v) is 18.4. The van der Waals surface area contributed by atoms with Gasteiger partial charge in [0.2, 0.25) is 59.1 Å². The van der Waals surface area contributed by atoms with Crippen LogP contribution in [0.3, 0.4) is 0 Å². The number of carbonyl (C=O) groups excluding carboxylic acids is 10. The molecule has 0 aliphatic carbocycles. The molecule has 0 saturated heterocycles. The van der Waals surface area contributed by atoms with Crippen LogP contribution in [0.15, 0.2) is 54.6 Å². The van der Waals surface area contributed by atoms with E-state index in [9.17, 15) is 88.2 Å². The molecule has 0 heterocycles. The van der Waals surface area contributed by atoms with Crippen molar-refractivity contribution in [3.8, 4) is 5.75 Å². The number of phenols is 1. The number of hydrogen-bond donors (Lipinski definition) is 17. The number of carboxylic acids is 2. The van der Waals surface area contributed by atoms with Crippen molar-refractivity contribution in [2.75, 3.05) is 26.4 Å². The van der Waals surface area contributed by atoms with Crippen LogP contribution < -0.4 is 59.3 Å². The zero-order valence-electron chi connectivity index (χ0n) is 43.4. The number of phenolic OH excluding ortho intramolecular Hbond substituents is 1. The van der Waals surface area contributed by atoms with E-state index in [1.165, 1.54) is 45.0 Å². The summed E-state index contributed by atoms with van der Waals surface area (Å²) in [5.41, 5.74) is 11.8. The summed E-state index contributed by atoms with van der Waals surface area (Å²) >= 11 is 0. The fourth-order valence-corrected chi connectivity index (χ4v) is 7.17. The maximum Gasteiger partial charge on any atom is 0.326 e. The van der Waals surface area contributed by atoms with E-state index in [-0.39, 0.29) is 24.2 Å². The molecular weight excluding hydrogens is 1030 g/mol. The molecule has 0 aliphatic rings. The van der Waals surface area contributed by atoms with Gasteiger partial charge in [-0.15, -0.1) is 0 Å². The van der Waals surface area contributed by atoms with Gasteiger partial charge in [-0.2, -0.15) is 0 Å². The first-order chi connectivity index (χ1) is 36.7. The summed E-state index contributed by atoms with van der Waals surface area (Å²) in [6.45, 7) is 2.50. The number of rotatable bonds is 34. The lowest BCUT2D eigenvalue weighted by Gasteiger charge is -2.28. The van der Waals surface area contributed by atoms with Crippen molar-refractivity contribution in [2.24, 2.45) is 23.3 Å². The second-order valence-electron chi connectivity index (χ2n) is 18.4. The van der Waals surface area contributed by atoms with Crippen LogP contribution >= 0.6 is 0 Å². The molecule has 10 amide bonds. The summed E-state index contributed by atoms with van der Waals surface area (Å²) in [5, 5.41) is 79.0. The number of aliphatic hydroxyl groups is 3. The third-order valence-electron chi connectivity index (χ3n) is 11.9. The van der Waals surface area contributed by atoms with E-state index in [1.54, 1.807) is 37.3 Å². The molecule has 0 saturated carbocycles. The van der Waals surface area contributed by atoms with E-state index in [4.69, 9.17) is 11.5 Å². The normalized spacial score (nSPS) is 14.8. The van der Waals surface area contributed by atoms with Crippen LogP contribution in [0.2, 0.25) is 0 Å². The number of amides is 10. The fraction of sp³-hybridized carbons (Fsp3) is 0.510. The molecular formula is C49H71N11O18. The SMILES string of the molecule is CC[C@H](C)[C@H](NC(=O)[C@H](CCC(=O)O)NC(=O)[C@H](Cc1ccc(O)cc1)NC(=O)[C@H](CO)NC(=O)[C@H](CC(N)=O)NC(=O)[C@H](Cc1ccccc1)NC(=O)[C@@H](N)CO)C(=O)NCC(=O)N[C@@H](CO)C(=O)N[C@H](C(=O)O)C(C)C. The summed E-state index contributed by atoms with van der Waals surface area (Å²) in [7, 11) is 0. The minimum Gasteiger partial charge on any atom is -0.508 e. The standard InChI is InChI=1S/C49H71N11O18/c1-5-25(4)40(48(76)52-20-37(66)53-34(22-62)47(75)59-39(24(2)3)49(77)78)60-42(70)30(15-16-38(67)68)54-43(71)32(18-27-11-13-28(64)14-12-27)56-46(74)35(23-63)58-45(73)33(19-36(51)65)57-44(72)31(55-41(69)29(50)21-61)17-26-9-7-6-8-10-26/h6-14,24-25,29-35,39-40,61-64H,5,15-23,50H2,1-4H3,(H2,51,65)(H,52,76)(H,53,66)(H,54,71)(H,55,69)(H,56,74)(H,57,72)(H,58,73)(H,59,75)(H,60,70)(H,67,68)(H,77,78)/t25-,29-,30-,31-,32-,33-,34-,35-,39-,40-/m0/s1. The smallest absolute Gasteiger partial charge is 0.326 e. The predicted molar refractivity (Wildman–Crippen MR) is 272 cm³/mol. The van der Waals surface area contributed by atoms with Gasteiger partial charge >= 0.3 is 11.9 Å². The van der Waals surface area contributed by atoms with Gasteiger partial charge in [-0.1, -0.05) is 76.6 Å². The summed E-state index contributed by atoms with van der Waals surface area (Å²) < 4.78 is 0. The molecule has 0 spiro atoms. The van der Waals surface area contributed by atoms with Gasteiger partial charge in [0.25, 0.3) is 0 Å². The maximum atomic E-state index is 14.2. The highest BCUT2D eigenvalue weighted by Gasteiger charge is 2.36. The highest BCUT2D eigenvalue weighted by Crippen LogP contribution is 2.14. The molecule has 0 aromatic heterocycles. The highest BCUT2D eigenvalue weighted by molar-refractivity contribution is 5.99. The topological polar surface area (TPSA) is 487 Å². The molecule has 78 heavy (non-hydrogen) atoms. The molecule has 0 aliphatic heterocycles. The third kappa shape index (κ3) is 22.5. The highest BCUT2D eigenvalue weighted by atomic mass is 16.4. The molecule has 2 aromatic carbocycles. The average molecular weight is 1100 g/mol. The quantitative estimate of drug-likeness (QED) is 0.0310. The van der Waals surface area contributed by atoms with Gasteiger partial charge in [0, 0.05) is 19.3 Å². The zero-order valence-corrected chi connectivity index (χ0v) is 43.4. The monoisotopic (exact) mass is 1100 g/mol. The van der Waals surface area contributed by atoms with E-state index >= 15 is 0 Å². The van der Waals surface area contributed by atoms with Crippen LogP contribution in [0, 0.1) is 11.8 Å². The summed E-state index contributed by atoms with van der Waals surface area (Å²) in [5.74, 6) is -15.1. The van der Waals surface area contributed by atoms with Crippen molar-refractivity contribution >= 4 is 71.0 Å². The maximum absolute atomic E-state index is 14.2. The average Bonchev–Trinajstić information content (AvgIpc) is 3.39. The summed E-state index contributed by atoms with van der Waals surface area (Å²) in [4.78, 5) is 157. The van der Waals surface area contributed by atoms with Gasteiger partial charge in [-0.25, -0.2) is 4.79 Å². The molecule has 0 fully saturated rings. The zero-order chi connectivity index (χ0) is 58.8. The van der Waals surface area contributed by atoms with E-state index in [1.807, 2.05) is 0 Å². The molecule has 0 bridgehead atoms. The Morgan fingerprint density at radius 2 is 0.974 bits per heavy atom. The summed E-state index contributed by atoms with van der Waals surface area (Å²) in [6, 6.07) is -1.17. The lowest BCUT2D eigenvalue weighted by Crippen LogP contribution is -2.61. The van der Waals surface area contributed by atoms with Crippen LogP contribution in [0.4, 0.5) is 0 Å². The second kappa shape index (κ2) is 33.0. The van der Waals surface area contributed by atoms with Gasteiger partial charge < -0.3 is 90.0 Å². The number of hydrogen-bond acceptors (Lipinski definition) is 17. The number of benzene rings is 2. The minimum absolute atomic E-state index is 0.170. The number of primary amides is 1. The number of carboxylic acid groups (broad SMARTS) is 2. The number of aromatic hydroxyl groups is 1. The third-order valence-corrected chi connectivity index (χ3v) is 11.9. The first kappa shape index (κ1) is 65.8. The minimum atomic E-state index is -1.94. The van der Waals surface area contributed by atoms with Crippen molar-refractivity contribution in [3.63, 3.8) is 0 Å². The Morgan fingerprint density at radius 1 is 0.526 bits per heavy atom. The Kier molecular flexibility index (Phi) is 27.9. The van der Waals surface area contributed by atoms with Gasteiger partial charge in [0.15, 0.2) is 0 Å². The van der Waals surface area contributed by atoms with Crippen LogP contribution in [-0.2, 0) is 70.4 Å². The number of nitrogens with two attached hydrogens (primary N) is 2. The Hall–Kier alpha value is -8.28. The predicted octanol–water partition coefficient (Wildman–Crippen LogP) is -6.00. The number of carbonyl (C=O) groups is 12. The number of nitrogens with one attached hydrogen (secondary N) is 9. The van der Waals surface area contributed by atoms with Crippen molar-refractivity contribution in [1.82, 2.24) is 47.9 Å². The van der Waals surface area contributed by atoms with E-state index < -0.39 is 189 Å². The van der Waals surface area contributed by atoms with E-state index in [2.05, 4.69) is 47.9 Å². The summed E-state index contributed by atoms with van der Waals surface area (Å²) in [6.07, 6.45) is -2.55. The van der Waals surface area contributed by atoms with Crippen LogP contribution in [0.25, 0.3) is 0 Å². The number of aliphatic carboxylic acids is 2. The first-order valence-corrected chi connectivity index (χ1v) is 24.6.